The van der Waals surface area contributed by atoms with Gasteiger partial charge >= 0.3 is 0 Å². The summed E-state index contributed by atoms with van der Waals surface area (Å²) in [7, 11) is -2.50. The Morgan fingerprint density at radius 1 is 1.82 bits per heavy atom. The van der Waals surface area contributed by atoms with E-state index in [4.69, 9.17) is 10.6 Å². The topological polar surface area (TPSA) is 63.3 Å². The van der Waals surface area contributed by atoms with Gasteiger partial charge in [0.05, 0.1) is 0 Å². The second-order valence-corrected chi connectivity index (χ2v) is 3.84. The Bertz CT molecular complexity index is 226. The van der Waals surface area contributed by atoms with Gasteiger partial charge in [-0.1, -0.05) is 12.2 Å². The van der Waals surface area contributed by atoms with Crippen LogP contribution in [0.2, 0.25) is 0 Å². The molecule has 11 heavy (non-hydrogen) atoms. The van der Waals surface area contributed by atoms with Gasteiger partial charge in [-0.05, 0) is 12.2 Å². The van der Waals surface area contributed by atoms with E-state index in [0.29, 0.717) is 0 Å². The van der Waals surface area contributed by atoms with E-state index >= 15 is 0 Å². The molecule has 0 spiro atoms. The Kier molecular flexibility index (Phi) is 2.33. The molecule has 3 N–H and O–H groups in total. The fourth-order valence-electron chi connectivity index (χ4n) is 1.04. The van der Waals surface area contributed by atoms with Gasteiger partial charge in [0.2, 0.25) is 8.03 Å². The summed E-state index contributed by atoms with van der Waals surface area (Å²) < 4.78 is 10.3. The zero-order valence-electron chi connectivity index (χ0n) is 6.16. The summed E-state index contributed by atoms with van der Waals surface area (Å²) in [4.78, 5) is 8.48. The third kappa shape index (κ3) is 2.03. The van der Waals surface area contributed by atoms with Crippen molar-refractivity contribution in [3.63, 3.8) is 0 Å². The van der Waals surface area contributed by atoms with Crippen LogP contribution in [0.5, 0.6) is 0 Å². The molecule has 1 fully saturated rings. The van der Waals surface area contributed by atoms with Crippen molar-refractivity contribution in [3.05, 3.63) is 24.5 Å². The van der Waals surface area contributed by atoms with E-state index in [9.17, 15) is 4.57 Å². The highest BCUT2D eigenvalue weighted by Crippen LogP contribution is 2.43. The van der Waals surface area contributed by atoms with E-state index in [-0.39, 0.29) is 11.5 Å². The monoisotopic (exact) mass is 173 g/mol. The minimum Gasteiger partial charge on any atom is -0.344 e. The summed E-state index contributed by atoms with van der Waals surface area (Å²) in [5.74, 6) is 1.55. The highest BCUT2D eigenvalue weighted by Gasteiger charge is 2.46. The molecule has 0 radical (unpaired) electrons. The molecule has 0 aromatic carbocycles. The fraction of sp³-hybridized carbons (Fsp3) is 0.429. The quantitative estimate of drug-likeness (QED) is 0.491. The van der Waals surface area contributed by atoms with Gasteiger partial charge < -0.3 is 10.6 Å². The lowest BCUT2D eigenvalue weighted by atomic mass is 10.2. The predicted octanol–water partition coefficient (Wildman–Crippen LogP) is 0.870. The van der Waals surface area contributed by atoms with Gasteiger partial charge in [-0.2, -0.15) is 0 Å². The average molecular weight is 173 g/mol. The minimum absolute atomic E-state index is 0.278. The van der Waals surface area contributed by atoms with Gasteiger partial charge in [-0.15, -0.1) is 6.58 Å². The van der Waals surface area contributed by atoms with E-state index in [1.165, 1.54) is 5.82 Å². The molecule has 0 aromatic heterocycles. The Labute approximate surface area is 66.5 Å². The third-order valence-corrected chi connectivity index (χ3v) is 2.38. The molecular weight excluding hydrogens is 161 g/mol. The van der Waals surface area contributed by atoms with Crippen LogP contribution in [0.3, 0.4) is 0 Å². The van der Waals surface area contributed by atoms with Crippen molar-refractivity contribution in [1.29, 1.82) is 0 Å². The Balaban J connectivity index is 2.51. The van der Waals surface area contributed by atoms with Crippen LogP contribution in [0.1, 0.15) is 6.42 Å². The van der Waals surface area contributed by atoms with Crippen LogP contribution in [-0.2, 0) is 4.57 Å². The summed E-state index contributed by atoms with van der Waals surface area (Å²) >= 11 is 0. The Morgan fingerprint density at radius 3 is 2.82 bits per heavy atom. The molecule has 0 bridgehead atoms. The maximum atomic E-state index is 10.3. The van der Waals surface area contributed by atoms with E-state index in [1.807, 2.05) is 0 Å². The molecule has 3 nitrogen and oxygen atoms in total. The summed E-state index contributed by atoms with van der Waals surface area (Å²) in [5.41, 5.74) is 5.37. The maximum Gasteiger partial charge on any atom is 0.210 e. The van der Waals surface area contributed by atoms with E-state index in [0.717, 1.165) is 6.42 Å². The Hall–Kier alpha value is -0.370. The van der Waals surface area contributed by atoms with E-state index < -0.39 is 8.03 Å². The maximum absolute atomic E-state index is 10.3. The molecule has 62 valence electrons. The molecule has 3 atom stereocenters. The average Bonchev–Trinajstić information content (AvgIpc) is 2.59. The van der Waals surface area contributed by atoms with Gasteiger partial charge in [0.15, 0.2) is 0 Å². The zero-order chi connectivity index (χ0) is 8.48. The standard InChI is InChI=1S/C7H12NO2P/c1-2-6-5-7(6,8)3-4-11(9)10/h2-4,6,11H,1,5,8H2,(H,9,10)/t6-,7+/m0/s1. The lowest BCUT2D eigenvalue weighted by molar-refractivity contribution is 0.512. The SMILES string of the molecule is C=C[C@H]1C[C@]1(N)C=C[PH](=O)O. The molecule has 1 saturated carbocycles. The zero-order valence-corrected chi connectivity index (χ0v) is 7.16. The molecule has 1 aliphatic carbocycles. The molecule has 0 heterocycles. The third-order valence-electron chi connectivity index (χ3n) is 1.92. The molecule has 1 aliphatic rings. The molecule has 4 heteroatoms. The van der Waals surface area contributed by atoms with Crippen molar-refractivity contribution in [2.75, 3.05) is 0 Å². The van der Waals surface area contributed by atoms with Crippen LogP contribution in [0.15, 0.2) is 24.5 Å². The molecule has 0 amide bonds. The molecular formula is C7H12NO2P. The Morgan fingerprint density at radius 2 is 2.45 bits per heavy atom. The van der Waals surface area contributed by atoms with E-state index in [2.05, 4.69) is 6.58 Å². The highest BCUT2D eigenvalue weighted by atomic mass is 31.1. The second-order valence-electron chi connectivity index (χ2n) is 2.83. The van der Waals surface area contributed by atoms with Crippen LogP contribution in [0, 0.1) is 5.92 Å². The minimum atomic E-state index is -2.50. The van der Waals surface area contributed by atoms with Gasteiger partial charge in [0, 0.05) is 11.5 Å². The summed E-state index contributed by atoms with van der Waals surface area (Å²) in [6.45, 7) is 3.60. The molecule has 0 aliphatic heterocycles. The first kappa shape index (κ1) is 8.72. The predicted molar refractivity (Wildman–Crippen MR) is 45.6 cm³/mol. The first-order chi connectivity index (χ1) is 5.08. The molecule has 0 aromatic rings. The van der Waals surface area contributed by atoms with Crippen molar-refractivity contribution in [2.45, 2.75) is 12.0 Å². The van der Waals surface area contributed by atoms with Gasteiger partial charge in [-0.25, -0.2) is 0 Å². The first-order valence-electron chi connectivity index (χ1n) is 3.42. The van der Waals surface area contributed by atoms with Crippen LogP contribution in [0.25, 0.3) is 0 Å². The van der Waals surface area contributed by atoms with Crippen molar-refractivity contribution in [2.24, 2.45) is 11.7 Å². The lowest BCUT2D eigenvalue weighted by Gasteiger charge is -1.99. The number of hydrogen-bond acceptors (Lipinski definition) is 2. The van der Waals surface area contributed by atoms with Crippen molar-refractivity contribution in [3.8, 4) is 0 Å². The smallest absolute Gasteiger partial charge is 0.210 e. The molecule has 0 saturated heterocycles. The van der Waals surface area contributed by atoms with Crippen molar-refractivity contribution >= 4 is 8.03 Å². The summed E-state index contributed by atoms with van der Waals surface area (Å²) in [6, 6.07) is 0. The molecule has 1 unspecified atom stereocenters. The normalized spacial score (nSPS) is 38.9. The lowest BCUT2D eigenvalue weighted by Crippen LogP contribution is -2.20. The first-order valence-corrected chi connectivity index (χ1v) is 4.85. The van der Waals surface area contributed by atoms with Crippen LogP contribution in [0.4, 0.5) is 0 Å². The number of hydrogen-bond donors (Lipinski definition) is 2. The number of rotatable bonds is 3. The van der Waals surface area contributed by atoms with Crippen LogP contribution >= 0.6 is 8.03 Å². The van der Waals surface area contributed by atoms with Gasteiger partial charge in [0.1, 0.15) is 0 Å². The van der Waals surface area contributed by atoms with Gasteiger partial charge in [-0.3, -0.25) is 4.57 Å². The van der Waals surface area contributed by atoms with Crippen LogP contribution in [-0.4, -0.2) is 10.4 Å². The van der Waals surface area contributed by atoms with Crippen molar-refractivity contribution < 1.29 is 9.46 Å². The number of nitrogens with two attached hydrogens (primary N) is 1. The van der Waals surface area contributed by atoms with E-state index in [1.54, 1.807) is 12.2 Å². The van der Waals surface area contributed by atoms with Crippen LogP contribution < -0.4 is 5.73 Å². The highest BCUT2D eigenvalue weighted by molar-refractivity contribution is 7.41. The summed E-state index contributed by atoms with van der Waals surface area (Å²) in [6.07, 6.45) is 4.22. The summed E-state index contributed by atoms with van der Waals surface area (Å²) in [5, 5.41) is 0. The van der Waals surface area contributed by atoms with Crippen molar-refractivity contribution in [1.82, 2.24) is 0 Å². The molecule has 1 rings (SSSR count). The second kappa shape index (κ2) is 2.94. The fourth-order valence-corrected chi connectivity index (χ4v) is 1.50. The van der Waals surface area contributed by atoms with Gasteiger partial charge in [0.25, 0.3) is 0 Å². The largest absolute Gasteiger partial charge is 0.344 e.